The normalized spacial score (nSPS) is 17.2. The van der Waals surface area contributed by atoms with Gasteiger partial charge in [0, 0.05) is 18.3 Å². The molecule has 1 N–H and O–H groups in total. The third-order valence-corrected chi connectivity index (χ3v) is 5.21. The molecule has 2 aliphatic rings. The van der Waals surface area contributed by atoms with E-state index in [4.69, 9.17) is 18.7 Å². The lowest BCUT2D eigenvalue weighted by molar-refractivity contribution is 0.174. The van der Waals surface area contributed by atoms with Crippen molar-refractivity contribution in [2.24, 2.45) is 0 Å². The summed E-state index contributed by atoms with van der Waals surface area (Å²) in [5.41, 5.74) is 1.37. The molecule has 0 radical (unpaired) electrons. The van der Waals surface area contributed by atoms with Gasteiger partial charge in [-0.15, -0.1) is 0 Å². The fourth-order valence-electron chi connectivity index (χ4n) is 3.75. The number of urea groups is 1. The number of nitrogens with zero attached hydrogens (tertiary/aromatic N) is 3. The Bertz CT molecular complexity index is 1080. The van der Waals surface area contributed by atoms with E-state index in [9.17, 15) is 4.79 Å². The number of ether oxygens (including phenoxy) is 3. The Labute approximate surface area is 172 Å². The molecule has 1 atom stereocenters. The second kappa shape index (κ2) is 7.58. The van der Waals surface area contributed by atoms with Crippen molar-refractivity contribution in [1.82, 2.24) is 15.0 Å². The van der Waals surface area contributed by atoms with Gasteiger partial charge in [0.15, 0.2) is 11.5 Å². The van der Waals surface area contributed by atoms with Crippen LogP contribution >= 0.6 is 0 Å². The Morgan fingerprint density at radius 2 is 2.07 bits per heavy atom. The van der Waals surface area contributed by atoms with E-state index in [1.165, 1.54) is 0 Å². The Hall–Kier alpha value is -3.75. The number of hydrogen-bond acceptors (Lipinski definition) is 7. The van der Waals surface area contributed by atoms with Crippen molar-refractivity contribution in [1.29, 1.82) is 0 Å². The minimum Gasteiger partial charge on any atom is -0.496 e. The van der Waals surface area contributed by atoms with Crippen molar-refractivity contribution in [2.75, 3.05) is 25.8 Å². The molecule has 5 rings (SSSR count). The van der Waals surface area contributed by atoms with Crippen LogP contribution in [0.1, 0.15) is 24.8 Å². The zero-order chi connectivity index (χ0) is 20.5. The first-order valence-corrected chi connectivity index (χ1v) is 9.67. The number of anilines is 1. The van der Waals surface area contributed by atoms with Crippen LogP contribution in [0.3, 0.4) is 0 Å². The average molecular weight is 408 g/mol. The van der Waals surface area contributed by atoms with Crippen LogP contribution in [0.2, 0.25) is 0 Å². The minimum atomic E-state index is -0.282. The lowest BCUT2D eigenvalue weighted by Crippen LogP contribution is -2.34. The number of carbonyl (C=O) groups is 1. The minimum absolute atomic E-state index is 0.187. The zero-order valence-corrected chi connectivity index (χ0v) is 16.3. The molecule has 3 aromatic rings. The molecule has 0 spiro atoms. The monoisotopic (exact) mass is 408 g/mol. The van der Waals surface area contributed by atoms with Gasteiger partial charge in [0.05, 0.1) is 12.7 Å². The second-order valence-corrected chi connectivity index (χ2v) is 7.01. The third-order valence-electron chi connectivity index (χ3n) is 5.21. The topological polar surface area (TPSA) is 99.0 Å². The molecule has 2 amide bonds. The van der Waals surface area contributed by atoms with Crippen molar-refractivity contribution in [3.8, 4) is 28.6 Å². The smallest absolute Gasteiger partial charge is 0.322 e. The first-order chi connectivity index (χ1) is 14.7. The number of para-hydroxylation sites is 1. The van der Waals surface area contributed by atoms with E-state index >= 15 is 0 Å². The van der Waals surface area contributed by atoms with Crippen LogP contribution in [0.25, 0.3) is 11.4 Å². The SMILES string of the molecule is COc1ccccc1-c1noc([C@@H]2CCCN2C(=O)Nc2ccc3c(c2)OCO3)n1. The zero-order valence-electron chi connectivity index (χ0n) is 16.3. The van der Waals surface area contributed by atoms with Crippen molar-refractivity contribution >= 4 is 11.7 Å². The predicted molar refractivity (Wildman–Crippen MR) is 107 cm³/mol. The number of nitrogens with one attached hydrogen (secondary N) is 1. The first-order valence-electron chi connectivity index (χ1n) is 9.67. The van der Waals surface area contributed by atoms with Crippen molar-refractivity contribution in [3.63, 3.8) is 0 Å². The summed E-state index contributed by atoms with van der Waals surface area (Å²) in [7, 11) is 1.60. The molecule has 0 aliphatic carbocycles. The third kappa shape index (κ3) is 3.28. The molecule has 9 nitrogen and oxygen atoms in total. The van der Waals surface area contributed by atoms with Crippen LogP contribution in [0.15, 0.2) is 47.0 Å². The number of fused-ring (bicyclic) bond motifs is 1. The second-order valence-electron chi connectivity index (χ2n) is 7.01. The lowest BCUT2D eigenvalue weighted by Gasteiger charge is -2.22. The summed E-state index contributed by atoms with van der Waals surface area (Å²) in [6, 6.07) is 12.3. The largest absolute Gasteiger partial charge is 0.496 e. The van der Waals surface area contributed by atoms with E-state index in [-0.39, 0.29) is 18.9 Å². The maximum Gasteiger partial charge on any atom is 0.322 e. The van der Waals surface area contributed by atoms with Gasteiger partial charge in [-0.2, -0.15) is 4.98 Å². The van der Waals surface area contributed by atoms with E-state index in [2.05, 4.69) is 15.5 Å². The van der Waals surface area contributed by atoms with Gasteiger partial charge in [-0.3, -0.25) is 0 Å². The van der Waals surface area contributed by atoms with Crippen LogP contribution in [-0.2, 0) is 0 Å². The number of rotatable bonds is 4. The molecule has 1 saturated heterocycles. The molecule has 0 unspecified atom stereocenters. The highest BCUT2D eigenvalue weighted by Crippen LogP contribution is 2.36. The van der Waals surface area contributed by atoms with Crippen molar-refractivity contribution in [3.05, 3.63) is 48.4 Å². The molecular formula is C21H20N4O5. The van der Waals surface area contributed by atoms with Gasteiger partial charge < -0.3 is 29.0 Å². The van der Waals surface area contributed by atoms with Crippen LogP contribution in [0.5, 0.6) is 17.2 Å². The lowest BCUT2D eigenvalue weighted by atomic mass is 10.2. The summed E-state index contributed by atoms with van der Waals surface area (Å²) in [6.07, 6.45) is 1.60. The first kappa shape index (κ1) is 18.3. The van der Waals surface area contributed by atoms with E-state index in [0.29, 0.717) is 41.2 Å². The molecule has 3 heterocycles. The number of carbonyl (C=O) groups excluding carboxylic acids is 1. The van der Waals surface area contributed by atoms with E-state index in [1.54, 1.807) is 30.2 Å². The molecule has 1 fully saturated rings. The number of benzene rings is 2. The molecule has 0 bridgehead atoms. The molecular weight excluding hydrogens is 388 g/mol. The molecule has 154 valence electrons. The number of likely N-dealkylation sites (tertiary alicyclic amines) is 1. The summed E-state index contributed by atoms with van der Waals surface area (Å²) >= 11 is 0. The number of amides is 2. The van der Waals surface area contributed by atoms with Gasteiger partial charge in [-0.05, 0) is 37.1 Å². The molecule has 2 aromatic carbocycles. The van der Waals surface area contributed by atoms with Crippen LogP contribution in [-0.4, -0.2) is 41.5 Å². The van der Waals surface area contributed by atoms with Gasteiger partial charge in [0.2, 0.25) is 18.5 Å². The highest BCUT2D eigenvalue weighted by molar-refractivity contribution is 5.90. The Morgan fingerprint density at radius 1 is 1.20 bits per heavy atom. The fourth-order valence-corrected chi connectivity index (χ4v) is 3.75. The Balaban J connectivity index is 1.34. The highest BCUT2D eigenvalue weighted by Gasteiger charge is 2.34. The summed E-state index contributed by atoms with van der Waals surface area (Å²) < 4.78 is 21.6. The fraction of sp³-hybridized carbons (Fsp3) is 0.286. The summed E-state index contributed by atoms with van der Waals surface area (Å²) in [6.45, 7) is 0.792. The van der Waals surface area contributed by atoms with Gasteiger partial charge in [-0.1, -0.05) is 17.3 Å². The van der Waals surface area contributed by atoms with Crippen molar-refractivity contribution in [2.45, 2.75) is 18.9 Å². The van der Waals surface area contributed by atoms with E-state index in [1.807, 2.05) is 24.3 Å². The number of methoxy groups -OCH3 is 1. The maximum absolute atomic E-state index is 12.9. The Morgan fingerprint density at radius 3 is 2.97 bits per heavy atom. The quantitative estimate of drug-likeness (QED) is 0.700. The molecule has 1 aromatic heterocycles. The average Bonchev–Trinajstić information content (AvgIpc) is 3.53. The summed E-state index contributed by atoms with van der Waals surface area (Å²) in [5, 5.41) is 7.01. The van der Waals surface area contributed by atoms with E-state index in [0.717, 1.165) is 18.4 Å². The summed E-state index contributed by atoms with van der Waals surface area (Å²) in [4.78, 5) is 19.2. The predicted octanol–water partition coefficient (Wildman–Crippen LogP) is 3.84. The molecule has 30 heavy (non-hydrogen) atoms. The molecule has 2 aliphatic heterocycles. The molecule has 0 saturated carbocycles. The van der Waals surface area contributed by atoms with E-state index < -0.39 is 0 Å². The number of aromatic nitrogens is 2. The maximum atomic E-state index is 12.9. The van der Waals surface area contributed by atoms with Gasteiger partial charge in [-0.25, -0.2) is 4.79 Å². The van der Waals surface area contributed by atoms with Crippen LogP contribution < -0.4 is 19.5 Å². The van der Waals surface area contributed by atoms with Gasteiger partial charge >= 0.3 is 6.03 Å². The van der Waals surface area contributed by atoms with Crippen LogP contribution in [0.4, 0.5) is 10.5 Å². The standard InChI is InChI=1S/C21H20N4O5/c1-27-16-7-3-2-5-14(16)19-23-20(30-24-19)15-6-4-10-25(15)21(26)22-13-8-9-17-18(11-13)29-12-28-17/h2-3,5,7-9,11,15H,4,6,10,12H2,1H3,(H,22,26)/t15-/m0/s1. The van der Waals surface area contributed by atoms with Crippen molar-refractivity contribution < 1.29 is 23.5 Å². The van der Waals surface area contributed by atoms with Gasteiger partial charge in [0.25, 0.3) is 0 Å². The van der Waals surface area contributed by atoms with Crippen LogP contribution in [0, 0.1) is 0 Å². The van der Waals surface area contributed by atoms with Gasteiger partial charge in [0.1, 0.15) is 11.8 Å². The number of hydrogen-bond donors (Lipinski definition) is 1. The Kier molecular flexibility index (Phi) is 4.62. The highest BCUT2D eigenvalue weighted by atomic mass is 16.7. The summed E-state index contributed by atoms with van der Waals surface area (Å²) in [5.74, 6) is 2.79. The molecule has 9 heteroatoms.